The molecule has 0 aromatic carbocycles. The minimum atomic E-state index is -0.208. The first-order chi connectivity index (χ1) is 8.21. The van der Waals surface area contributed by atoms with E-state index < -0.39 is 0 Å². The number of thioether (sulfide) groups is 1. The Balaban J connectivity index is 2.62. The van der Waals surface area contributed by atoms with Crippen LogP contribution in [0.2, 0.25) is 0 Å². The van der Waals surface area contributed by atoms with E-state index >= 15 is 0 Å². The zero-order chi connectivity index (χ0) is 12.7. The molecule has 1 rings (SSSR count). The van der Waals surface area contributed by atoms with Gasteiger partial charge in [-0.2, -0.15) is 0 Å². The molecule has 0 spiro atoms. The molecule has 0 aliphatic heterocycles. The predicted octanol–water partition coefficient (Wildman–Crippen LogP) is 2.19. The van der Waals surface area contributed by atoms with E-state index in [0.717, 1.165) is 25.1 Å². The van der Waals surface area contributed by atoms with Gasteiger partial charge in [-0.3, -0.25) is 9.89 Å². The van der Waals surface area contributed by atoms with E-state index in [1.165, 1.54) is 11.8 Å². The van der Waals surface area contributed by atoms with Crippen molar-refractivity contribution in [3.8, 4) is 0 Å². The van der Waals surface area contributed by atoms with Crippen LogP contribution in [0.1, 0.15) is 39.4 Å². The van der Waals surface area contributed by atoms with Crippen molar-refractivity contribution in [1.82, 2.24) is 15.2 Å². The quantitative estimate of drug-likeness (QED) is 0.599. The zero-order valence-electron chi connectivity index (χ0n) is 10.5. The molecule has 1 unspecified atom stereocenters. The summed E-state index contributed by atoms with van der Waals surface area (Å²) in [4.78, 5) is 16.0. The summed E-state index contributed by atoms with van der Waals surface area (Å²) in [7, 11) is 0. The number of aryl methyl sites for hydroxylation is 1. The Bertz CT molecular complexity index is 354. The van der Waals surface area contributed by atoms with Crippen LogP contribution in [0.25, 0.3) is 0 Å². The summed E-state index contributed by atoms with van der Waals surface area (Å²) in [5.41, 5.74) is 0. The van der Waals surface area contributed by atoms with Crippen molar-refractivity contribution in [2.75, 3.05) is 6.61 Å². The van der Waals surface area contributed by atoms with Gasteiger partial charge in [0, 0.05) is 6.42 Å². The van der Waals surface area contributed by atoms with Crippen LogP contribution >= 0.6 is 11.8 Å². The van der Waals surface area contributed by atoms with Gasteiger partial charge in [-0.05, 0) is 13.3 Å². The Labute approximate surface area is 106 Å². The molecule has 96 valence electrons. The van der Waals surface area contributed by atoms with Crippen molar-refractivity contribution in [3.63, 3.8) is 0 Å². The van der Waals surface area contributed by atoms with Crippen LogP contribution in [0.3, 0.4) is 0 Å². The van der Waals surface area contributed by atoms with E-state index in [0.29, 0.717) is 11.8 Å². The summed E-state index contributed by atoms with van der Waals surface area (Å²) in [6, 6.07) is 0. The molecule has 1 N–H and O–H groups in total. The normalized spacial score (nSPS) is 12.4. The highest BCUT2D eigenvalue weighted by Gasteiger charge is 2.22. The van der Waals surface area contributed by atoms with Crippen LogP contribution in [0.5, 0.6) is 0 Å². The molecule has 5 nitrogen and oxygen atoms in total. The molecule has 0 fully saturated rings. The maximum atomic E-state index is 11.7. The number of carbonyl (C=O) groups is 1. The number of H-pyrrole nitrogens is 1. The molecule has 0 radical (unpaired) electrons. The number of hydrogen-bond donors (Lipinski definition) is 1. The van der Waals surface area contributed by atoms with Gasteiger partial charge < -0.3 is 4.74 Å². The summed E-state index contributed by atoms with van der Waals surface area (Å²) in [6.07, 6.45) is 2.52. The number of aromatic nitrogens is 3. The summed E-state index contributed by atoms with van der Waals surface area (Å²) in [6.45, 7) is 6.27. The van der Waals surface area contributed by atoms with Gasteiger partial charge in [-0.1, -0.05) is 32.0 Å². The van der Waals surface area contributed by atoms with Crippen LogP contribution in [0.15, 0.2) is 5.16 Å². The number of ether oxygens (including phenoxy) is 1. The second-order valence-corrected chi connectivity index (χ2v) is 4.74. The molecule has 1 aromatic heterocycles. The van der Waals surface area contributed by atoms with Crippen LogP contribution in [-0.4, -0.2) is 33.0 Å². The van der Waals surface area contributed by atoms with Crippen molar-refractivity contribution in [1.29, 1.82) is 0 Å². The van der Waals surface area contributed by atoms with Gasteiger partial charge in [0.1, 0.15) is 11.1 Å². The number of nitrogens with one attached hydrogen (secondary N) is 1. The number of nitrogens with zero attached hydrogens (tertiary/aromatic N) is 2. The van der Waals surface area contributed by atoms with Crippen molar-refractivity contribution >= 4 is 17.7 Å². The van der Waals surface area contributed by atoms with Crippen molar-refractivity contribution in [3.05, 3.63) is 5.82 Å². The number of aromatic amines is 1. The Morgan fingerprint density at radius 1 is 1.47 bits per heavy atom. The molecule has 1 aromatic rings. The highest BCUT2D eigenvalue weighted by Crippen LogP contribution is 2.24. The van der Waals surface area contributed by atoms with Gasteiger partial charge in [-0.15, -0.1) is 5.10 Å². The number of hydrogen-bond acceptors (Lipinski definition) is 5. The lowest BCUT2D eigenvalue weighted by atomic mass is 10.2. The molecule has 0 aliphatic rings. The van der Waals surface area contributed by atoms with E-state index in [1.807, 2.05) is 20.8 Å². The average Bonchev–Trinajstić information content (AvgIpc) is 2.76. The Kier molecular flexibility index (Phi) is 6.04. The Hall–Kier alpha value is -1.04. The maximum Gasteiger partial charge on any atom is 0.319 e. The fraction of sp³-hybridized carbons (Fsp3) is 0.727. The first-order valence-electron chi connectivity index (χ1n) is 5.95. The molecular formula is C11H19N3O2S. The fourth-order valence-corrected chi connectivity index (χ4v) is 2.37. The molecule has 0 saturated heterocycles. The van der Waals surface area contributed by atoms with Gasteiger partial charge >= 0.3 is 5.97 Å². The Morgan fingerprint density at radius 3 is 2.76 bits per heavy atom. The second kappa shape index (κ2) is 7.32. The standard InChI is InChI=1S/C11H19N3O2S/c1-4-7-8(10(15)16-6-3)17-11-12-9(5-2)13-14-11/h8H,4-7H2,1-3H3,(H,12,13,14). The predicted molar refractivity (Wildman–Crippen MR) is 66.9 cm³/mol. The largest absolute Gasteiger partial charge is 0.465 e. The van der Waals surface area contributed by atoms with Crippen LogP contribution < -0.4 is 0 Å². The van der Waals surface area contributed by atoms with Crippen LogP contribution in [0, 0.1) is 0 Å². The van der Waals surface area contributed by atoms with Gasteiger partial charge in [0.05, 0.1) is 6.61 Å². The molecule has 17 heavy (non-hydrogen) atoms. The average molecular weight is 257 g/mol. The first-order valence-corrected chi connectivity index (χ1v) is 6.83. The lowest BCUT2D eigenvalue weighted by Crippen LogP contribution is -2.20. The zero-order valence-corrected chi connectivity index (χ0v) is 11.3. The third-order valence-electron chi connectivity index (χ3n) is 2.19. The lowest BCUT2D eigenvalue weighted by molar-refractivity contribution is -0.142. The molecule has 1 heterocycles. The first kappa shape index (κ1) is 14.0. The number of esters is 1. The van der Waals surface area contributed by atoms with E-state index in [-0.39, 0.29) is 11.2 Å². The molecule has 6 heteroatoms. The van der Waals surface area contributed by atoms with Crippen molar-refractivity contribution in [2.45, 2.75) is 50.4 Å². The van der Waals surface area contributed by atoms with Crippen molar-refractivity contribution in [2.24, 2.45) is 0 Å². The number of rotatable bonds is 7. The van der Waals surface area contributed by atoms with Gasteiger partial charge in [0.15, 0.2) is 0 Å². The summed E-state index contributed by atoms with van der Waals surface area (Å²) >= 11 is 1.37. The minimum Gasteiger partial charge on any atom is -0.465 e. The van der Waals surface area contributed by atoms with Gasteiger partial charge in [0.2, 0.25) is 5.16 Å². The fourth-order valence-electron chi connectivity index (χ4n) is 1.34. The SMILES string of the molecule is CCCC(Sc1n[nH]c(CC)n1)C(=O)OCC. The topological polar surface area (TPSA) is 67.9 Å². The van der Waals surface area contributed by atoms with E-state index in [2.05, 4.69) is 15.2 Å². The van der Waals surface area contributed by atoms with Gasteiger partial charge in [0.25, 0.3) is 0 Å². The molecule has 0 bridgehead atoms. The third kappa shape index (κ3) is 4.38. The van der Waals surface area contributed by atoms with E-state index in [9.17, 15) is 4.79 Å². The third-order valence-corrected chi connectivity index (χ3v) is 3.30. The van der Waals surface area contributed by atoms with Gasteiger partial charge in [-0.25, -0.2) is 4.98 Å². The monoisotopic (exact) mass is 257 g/mol. The molecule has 0 aliphatic carbocycles. The number of carbonyl (C=O) groups excluding carboxylic acids is 1. The van der Waals surface area contributed by atoms with E-state index in [1.54, 1.807) is 0 Å². The summed E-state index contributed by atoms with van der Waals surface area (Å²) in [5, 5.41) is 7.32. The molecule has 0 saturated carbocycles. The van der Waals surface area contributed by atoms with Crippen LogP contribution in [0.4, 0.5) is 0 Å². The second-order valence-electron chi connectivity index (χ2n) is 3.57. The molecular weight excluding hydrogens is 238 g/mol. The molecule has 1 atom stereocenters. The highest BCUT2D eigenvalue weighted by atomic mass is 32.2. The van der Waals surface area contributed by atoms with Crippen LogP contribution in [-0.2, 0) is 16.0 Å². The minimum absolute atomic E-state index is 0.179. The maximum absolute atomic E-state index is 11.7. The highest BCUT2D eigenvalue weighted by molar-refractivity contribution is 8.00. The lowest BCUT2D eigenvalue weighted by Gasteiger charge is -2.11. The summed E-state index contributed by atoms with van der Waals surface area (Å²) in [5.74, 6) is 0.661. The van der Waals surface area contributed by atoms with E-state index in [4.69, 9.17) is 4.74 Å². The smallest absolute Gasteiger partial charge is 0.319 e. The Morgan fingerprint density at radius 2 is 2.24 bits per heavy atom. The molecule has 0 amide bonds. The summed E-state index contributed by atoms with van der Waals surface area (Å²) < 4.78 is 5.04. The van der Waals surface area contributed by atoms with Crippen molar-refractivity contribution < 1.29 is 9.53 Å².